The van der Waals surface area contributed by atoms with E-state index in [1.54, 1.807) is 7.11 Å². The molecule has 0 aliphatic rings. The van der Waals surface area contributed by atoms with Gasteiger partial charge in [-0.25, -0.2) is 0 Å². The lowest BCUT2D eigenvalue weighted by molar-refractivity contribution is 0.333. The lowest BCUT2D eigenvalue weighted by atomic mass is 10.2. The lowest BCUT2D eigenvalue weighted by Gasteiger charge is -2.16. The van der Waals surface area contributed by atoms with Crippen molar-refractivity contribution in [1.29, 1.82) is 0 Å². The first kappa shape index (κ1) is 11.5. The van der Waals surface area contributed by atoms with Gasteiger partial charge >= 0.3 is 0 Å². The summed E-state index contributed by atoms with van der Waals surface area (Å²) in [5.41, 5.74) is 1.21. The molecule has 1 aromatic rings. The average Bonchev–Trinajstić information content (AvgIpc) is 2.18. The van der Waals surface area contributed by atoms with Crippen molar-refractivity contribution in [2.24, 2.45) is 0 Å². The number of benzene rings is 1. The number of methoxy groups -OCH3 is 1. The SMILES string of the molecule is CCN(C)Cc1cc(Br)ccc1OC. The number of nitrogens with zero attached hydrogens (tertiary/aromatic N) is 1. The summed E-state index contributed by atoms with van der Waals surface area (Å²) in [4.78, 5) is 2.24. The fraction of sp³-hybridized carbons (Fsp3) is 0.455. The maximum absolute atomic E-state index is 5.30. The van der Waals surface area contributed by atoms with Gasteiger partial charge in [-0.05, 0) is 31.8 Å². The molecule has 1 rings (SSSR count). The Labute approximate surface area is 94.0 Å². The largest absolute Gasteiger partial charge is 0.496 e. The average molecular weight is 258 g/mol. The molecule has 0 aromatic heterocycles. The molecule has 3 heteroatoms. The minimum absolute atomic E-state index is 0.916. The fourth-order valence-electron chi connectivity index (χ4n) is 1.27. The first-order chi connectivity index (χ1) is 6.67. The van der Waals surface area contributed by atoms with Crippen LogP contribution in [-0.2, 0) is 6.54 Å². The first-order valence-corrected chi connectivity index (χ1v) is 5.47. The van der Waals surface area contributed by atoms with E-state index in [2.05, 4.69) is 40.9 Å². The molecule has 0 unspecified atom stereocenters. The summed E-state index contributed by atoms with van der Waals surface area (Å²) in [6.07, 6.45) is 0. The molecule has 0 atom stereocenters. The van der Waals surface area contributed by atoms with Gasteiger partial charge in [0.15, 0.2) is 0 Å². The highest BCUT2D eigenvalue weighted by Gasteiger charge is 2.05. The van der Waals surface area contributed by atoms with Gasteiger partial charge < -0.3 is 9.64 Å². The molecule has 0 saturated carbocycles. The van der Waals surface area contributed by atoms with Crippen LogP contribution in [0.15, 0.2) is 22.7 Å². The van der Waals surface area contributed by atoms with E-state index in [9.17, 15) is 0 Å². The Balaban J connectivity index is 2.87. The zero-order valence-electron chi connectivity index (χ0n) is 8.88. The molecule has 0 aliphatic carbocycles. The predicted octanol–water partition coefficient (Wildman–Crippen LogP) is 2.91. The van der Waals surface area contributed by atoms with Crippen molar-refractivity contribution in [3.05, 3.63) is 28.2 Å². The van der Waals surface area contributed by atoms with Crippen LogP contribution in [0.2, 0.25) is 0 Å². The minimum atomic E-state index is 0.916. The van der Waals surface area contributed by atoms with E-state index in [0.29, 0.717) is 0 Å². The van der Waals surface area contributed by atoms with Crippen LogP contribution >= 0.6 is 15.9 Å². The van der Waals surface area contributed by atoms with E-state index in [1.807, 2.05) is 12.1 Å². The Morgan fingerprint density at radius 2 is 2.14 bits per heavy atom. The number of rotatable bonds is 4. The van der Waals surface area contributed by atoms with Gasteiger partial charge in [-0.3, -0.25) is 0 Å². The predicted molar refractivity (Wildman–Crippen MR) is 62.7 cm³/mol. The number of ether oxygens (including phenoxy) is 1. The van der Waals surface area contributed by atoms with Crippen LogP contribution in [0, 0.1) is 0 Å². The second-order valence-electron chi connectivity index (χ2n) is 3.29. The molecular formula is C11H16BrNO. The number of hydrogen-bond donors (Lipinski definition) is 0. The van der Waals surface area contributed by atoms with Crippen molar-refractivity contribution in [3.8, 4) is 5.75 Å². The molecule has 0 heterocycles. The third-order valence-electron chi connectivity index (χ3n) is 2.22. The Morgan fingerprint density at radius 3 is 2.71 bits per heavy atom. The topological polar surface area (TPSA) is 12.5 Å². The third-order valence-corrected chi connectivity index (χ3v) is 2.72. The molecule has 14 heavy (non-hydrogen) atoms. The van der Waals surface area contributed by atoms with Gasteiger partial charge in [0.1, 0.15) is 5.75 Å². The molecule has 78 valence electrons. The maximum atomic E-state index is 5.30. The normalized spacial score (nSPS) is 10.6. The summed E-state index contributed by atoms with van der Waals surface area (Å²) in [6, 6.07) is 6.09. The lowest BCUT2D eigenvalue weighted by Crippen LogP contribution is -2.17. The molecular weight excluding hydrogens is 242 g/mol. The summed E-state index contributed by atoms with van der Waals surface area (Å²) < 4.78 is 6.39. The van der Waals surface area contributed by atoms with Crippen LogP contribution in [0.3, 0.4) is 0 Å². The fourth-order valence-corrected chi connectivity index (χ4v) is 1.68. The molecule has 0 saturated heterocycles. The Hall–Kier alpha value is -0.540. The van der Waals surface area contributed by atoms with Crippen molar-refractivity contribution in [2.45, 2.75) is 13.5 Å². The van der Waals surface area contributed by atoms with Crippen molar-refractivity contribution >= 4 is 15.9 Å². The van der Waals surface area contributed by atoms with Gasteiger partial charge in [0.25, 0.3) is 0 Å². The van der Waals surface area contributed by atoms with Crippen LogP contribution < -0.4 is 4.74 Å². The van der Waals surface area contributed by atoms with Gasteiger partial charge in [-0.1, -0.05) is 22.9 Å². The second-order valence-corrected chi connectivity index (χ2v) is 4.20. The second kappa shape index (κ2) is 5.37. The molecule has 0 spiro atoms. The highest BCUT2D eigenvalue weighted by atomic mass is 79.9. The highest BCUT2D eigenvalue weighted by Crippen LogP contribution is 2.23. The summed E-state index contributed by atoms with van der Waals surface area (Å²) in [7, 11) is 3.80. The minimum Gasteiger partial charge on any atom is -0.496 e. The number of halogens is 1. The first-order valence-electron chi connectivity index (χ1n) is 4.68. The Bertz CT molecular complexity index is 301. The molecule has 0 fully saturated rings. The standard InChI is InChI=1S/C11H16BrNO/c1-4-13(2)8-9-7-10(12)5-6-11(9)14-3/h5-7H,4,8H2,1-3H3. The van der Waals surface area contributed by atoms with Gasteiger partial charge in [-0.2, -0.15) is 0 Å². The smallest absolute Gasteiger partial charge is 0.123 e. The van der Waals surface area contributed by atoms with Crippen molar-refractivity contribution in [2.75, 3.05) is 20.7 Å². The number of hydrogen-bond acceptors (Lipinski definition) is 2. The Kier molecular flexibility index (Phi) is 4.42. The van der Waals surface area contributed by atoms with Crippen LogP contribution in [0.4, 0.5) is 0 Å². The van der Waals surface area contributed by atoms with Gasteiger partial charge in [-0.15, -0.1) is 0 Å². The summed E-state index contributed by atoms with van der Waals surface area (Å²) in [5.74, 6) is 0.952. The quantitative estimate of drug-likeness (QED) is 0.823. The highest BCUT2D eigenvalue weighted by molar-refractivity contribution is 9.10. The molecule has 0 N–H and O–H groups in total. The maximum Gasteiger partial charge on any atom is 0.123 e. The summed E-state index contributed by atoms with van der Waals surface area (Å²) in [5, 5.41) is 0. The molecule has 0 radical (unpaired) electrons. The van der Waals surface area contributed by atoms with Gasteiger partial charge in [0.2, 0.25) is 0 Å². The van der Waals surface area contributed by atoms with Crippen molar-refractivity contribution in [3.63, 3.8) is 0 Å². The van der Waals surface area contributed by atoms with E-state index in [0.717, 1.165) is 23.3 Å². The zero-order chi connectivity index (χ0) is 10.6. The third kappa shape index (κ3) is 3.00. The monoisotopic (exact) mass is 257 g/mol. The van der Waals surface area contributed by atoms with Crippen molar-refractivity contribution < 1.29 is 4.74 Å². The van der Waals surface area contributed by atoms with Crippen molar-refractivity contribution in [1.82, 2.24) is 4.90 Å². The molecule has 0 aliphatic heterocycles. The van der Waals surface area contributed by atoms with Crippen LogP contribution in [0.1, 0.15) is 12.5 Å². The Morgan fingerprint density at radius 1 is 1.43 bits per heavy atom. The van der Waals surface area contributed by atoms with E-state index >= 15 is 0 Å². The van der Waals surface area contributed by atoms with E-state index in [-0.39, 0.29) is 0 Å². The summed E-state index contributed by atoms with van der Waals surface area (Å²) >= 11 is 3.46. The zero-order valence-corrected chi connectivity index (χ0v) is 10.5. The van der Waals surface area contributed by atoms with Crippen LogP contribution in [0.5, 0.6) is 5.75 Å². The van der Waals surface area contributed by atoms with Gasteiger partial charge in [0.05, 0.1) is 7.11 Å². The summed E-state index contributed by atoms with van der Waals surface area (Å²) in [6.45, 7) is 4.10. The van der Waals surface area contributed by atoms with E-state index in [4.69, 9.17) is 4.74 Å². The van der Waals surface area contributed by atoms with Gasteiger partial charge in [0, 0.05) is 16.6 Å². The molecule has 0 bridgehead atoms. The molecule has 0 amide bonds. The van der Waals surface area contributed by atoms with E-state index in [1.165, 1.54) is 5.56 Å². The molecule has 1 aromatic carbocycles. The van der Waals surface area contributed by atoms with Crippen LogP contribution in [-0.4, -0.2) is 25.6 Å². The van der Waals surface area contributed by atoms with Crippen LogP contribution in [0.25, 0.3) is 0 Å². The van der Waals surface area contributed by atoms with E-state index < -0.39 is 0 Å². The molecule has 2 nitrogen and oxygen atoms in total.